The summed E-state index contributed by atoms with van der Waals surface area (Å²) in [5, 5.41) is 2.96. The van der Waals surface area contributed by atoms with E-state index in [-0.39, 0.29) is 5.91 Å². The Morgan fingerprint density at radius 1 is 1.05 bits per heavy atom. The molecule has 1 N–H and O–H groups in total. The SMILES string of the molecule is Cc1ccc(CNC(=O)Cc2cccc(Br)c2)cc1C. The van der Waals surface area contributed by atoms with Gasteiger partial charge >= 0.3 is 0 Å². The van der Waals surface area contributed by atoms with E-state index >= 15 is 0 Å². The summed E-state index contributed by atoms with van der Waals surface area (Å²) in [6, 6.07) is 14.1. The maximum absolute atomic E-state index is 11.9. The third-order valence-electron chi connectivity index (χ3n) is 3.31. The highest BCUT2D eigenvalue weighted by atomic mass is 79.9. The monoisotopic (exact) mass is 331 g/mol. The molecule has 0 unspecified atom stereocenters. The molecule has 2 aromatic rings. The Labute approximate surface area is 128 Å². The van der Waals surface area contributed by atoms with Gasteiger partial charge in [0.1, 0.15) is 0 Å². The molecule has 0 fully saturated rings. The first kappa shape index (κ1) is 14.8. The van der Waals surface area contributed by atoms with Crippen LogP contribution in [0.25, 0.3) is 0 Å². The molecular formula is C17H18BrNO. The van der Waals surface area contributed by atoms with Gasteiger partial charge < -0.3 is 5.32 Å². The summed E-state index contributed by atoms with van der Waals surface area (Å²) in [5.41, 5.74) is 4.67. The van der Waals surface area contributed by atoms with Crippen LogP contribution in [0.3, 0.4) is 0 Å². The normalized spacial score (nSPS) is 10.3. The number of nitrogens with one attached hydrogen (secondary N) is 1. The van der Waals surface area contributed by atoms with E-state index in [9.17, 15) is 4.79 Å². The van der Waals surface area contributed by atoms with Gasteiger partial charge in [-0.05, 0) is 48.2 Å². The fourth-order valence-corrected chi connectivity index (χ4v) is 2.46. The van der Waals surface area contributed by atoms with Crippen molar-refractivity contribution in [3.8, 4) is 0 Å². The minimum atomic E-state index is 0.0429. The summed E-state index contributed by atoms with van der Waals surface area (Å²) < 4.78 is 0.997. The van der Waals surface area contributed by atoms with Gasteiger partial charge in [0.25, 0.3) is 0 Å². The van der Waals surface area contributed by atoms with Crippen LogP contribution in [-0.4, -0.2) is 5.91 Å². The number of carbonyl (C=O) groups excluding carboxylic acids is 1. The number of hydrogen-bond donors (Lipinski definition) is 1. The van der Waals surface area contributed by atoms with Gasteiger partial charge in [-0.25, -0.2) is 0 Å². The molecule has 0 atom stereocenters. The van der Waals surface area contributed by atoms with Crippen LogP contribution in [0.4, 0.5) is 0 Å². The van der Waals surface area contributed by atoms with Crippen molar-refractivity contribution < 1.29 is 4.79 Å². The third-order valence-corrected chi connectivity index (χ3v) is 3.81. The van der Waals surface area contributed by atoms with Crippen molar-refractivity contribution in [1.82, 2.24) is 5.32 Å². The van der Waals surface area contributed by atoms with Crippen LogP contribution >= 0.6 is 15.9 Å². The molecule has 2 nitrogen and oxygen atoms in total. The molecule has 1 amide bonds. The Bertz CT molecular complexity index is 622. The summed E-state index contributed by atoms with van der Waals surface area (Å²) >= 11 is 3.41. The Hall–Kier alpha value is -1.61. The second-order valence-electron chi connectivity index (χ2n) is 5.00. The summed E-state index contributed by atoms with van der Waals surface area (Å²) in [5.74, 6) is 0.0429. The maximum atomic E-state index is 11.9. The number of benzene rings is 2. The van der Waals surface area contributed by atoms with Gasteiger partial charge in [-0.1, -0.05) is 46.3 Å². The average Bonchev–Trinajstić information content (AvgIpc) is 2.40. The van der Waals surface area contributed by atoms with E-state index in [4.69, 9.17) is 0 Å². The van der Waals surface area contributed by atoms with Gasteiger partial charge in [0.15, 0.2) is 0 Å². The van der Waals surface area contributed by atoms with Crippen LogP contribution in [0.15, 0.2) is 46.9 Å². The smallest absolute Gasteiger partial charge is 0.224 e. The van der Waals surface area contributed by atoms with Crippen LogP contribution in [0.1, 0.15) is 22.3 Å². The van der Waals surface area contributed by atoms with E-state index in [1.807, 2.05) is 24.3 Å². The van der Waals surface area contributed by atoms with Crippen molar-refractivity contribution in [3.05, 3.63) is 69.2 Å². The molecule has 0 saturated carbocycles. The van der Waals surface area contributed by atoms with Crippen molar-refractivity contribution in [2.75, 3.05) is 0 Å². The third kappa shape index (κ3) is 4.20. The zero-order valence-corrected chi connectivity index (χ0v) is 13.3. The van der Waals surface area contributed by atoms with E-state index in [1.165, 1.54) is 11.1 Å². The first-order chi connectivity index (χ1) is 9.54. The lowest BCUT2D eigenvalue weighted by Crippen LogP contribution is -2.24. The van der Waals surface area contributed by atoms with Crippen molar-refractivity contribution in [2.45, 2.75) is 26.8 Å². The molecule has 20 heavy (non-hydrogen) atoms. The molecule has 2 rings (SSSR count). The van der Waals surface area contributed by atoms with Crippen molar-refractivity contribution in [2.24, 2.45) is 0 Å². The van der Waals surface area contributed by atoms with E-state index in [2.05, 4.69) is 53.3 Å². The minimum absolute atomic E-state index is 0.0429. The van der Waals surface area contributed by atoms with Crippen LogP contribution in [0.2, 0.25) is 0 Å². The Kier molecular flexibility index (Phi) is 4.96. The lowest BCUT2D eigenvalue weighted by atomic mass is 10.1. The highest BCUT2D eigenvalue weighted by Crippen LogP contribution is 2.12. The molecule has 0 aromatic heterocycles. The molecule has 0 aliphatic carbocycles. The number of halogens is 1. The van der Waals surface area contributed by atoms with Crippen molar-refractivity contribution >= 4 is 21.8 Å². The highest BCUT2D eigenvalue weighted by molar-refractivity contribution is 9.10. The number of aryl methyl sites for hydroxylation is 2. The summed E-state index contributed by atoms with van der Waals surface area (Å²) in [6.07, 6.45) is 0.407. The zero-order chi connectivity index (χ0) is 14.5. The Morgan fingerprint density at radius 2 is 1.85 bits per heavy atom. The second kappa shape index (κ2) is 6.71. The lowest BCUT2D eigenvalue weighted by molar-refractivity contribution is -0.120. The predicted molar refractivity (Wildman–Crippen MR) is 85.6 cm³/mol. The molecule has 2 aromatic carbocycles. The number of carbonyl (C=O) groups is 1. The lowest BCUT2D eigenvalue weighted by Gasteiger charge is -2.08. The molecule has 0 aliphatic heterocycles. The molecule has 0 spiro atoms. The van der Waals surface area contributed by atoms with Crippen LogP contribution < -0.4 is 5.32 Å². The van der Waals surface area contributed by atoms with Gasteiger partial charge in [-0.15, -0.1) is 0 Å². The first-order valence-electron chi connectivity index (χ1n) is 6.62. The average molecular weight is 332 g/mol. The molecule has 0 saturated heterocycles. The summed E-state index contributed by atoms with van der Waals surface area (Å²) in [4.78, 5) is 11.9. The van der Waals surface area contributed by atoms with Gasteiger partial charge in [-0.3, -0.25) is 4.79 Å². The number of rotatable bonds is 4. The van der Waals surface area contributed by atoms with Gasteiger partial charge in [0.05, 0.1) is 6.42 Å². The quantitative estimate of drug-likeness (QED) is 0.903. The van der Waals surface area contributed by atoms with E-state index in [0.29, 0.717) is 13.0 Å². The molecule has 3 heteroatoms. The predicted octanol–water partition coefficient (Wildman–Crippen LogP) is 3.92. The zero-order valence-electron chi connectivity index (χ0n) is 11.7. The fourth-order valence-electron chi connectivity index (χ4n) is 2.01. The van der Waals surface area contributed by atoms with Crippen molar-refractivity contribution in [1.29, 1.82) is 0 Å². The summed E-state index contributed by atoms with van der Waals surface area (Å²) in [7, 11) is 0. The van der Waals surface area contributed by atoms with E-state index in [1.54, 1.807) is 0 Å². The molecule has 0 radical (unpaired) electrons. The highest BCUT2D eigenvalue weighted by Gasteiger charge is 2.04. The van der Waals surface area contributed by atoms with Gasteiger partial charge in [0, 0.05) is 11.0 Å². The fraction of sp³-hybridized carbons (Fsp3) is 0.235. The Balaban J connectivity index is 1.90. The maximum Gasteiger partial charge on any atom is 0.224 e. The largest absolute Gasteiger partial charge is 0.352 e. The van der Waals surface area contributed by atoms with Crippen LogP contribution in [0.5, 0.6) is 0 Å². The minimum Gasteiger partial charge on any atom is -0.352 e. The molecular weight excluding hydrogens is 314 g/mol. The van der Waals surface area contributed by atoms with Gasteiger partial charge in [0.2, 0.25) is 5.91 Å². The molecule has 0 heterocycles. The topological polar surface area (TPSA) is 29.1 Å². The second-order valence-corrected chi connectivity index (χ2v) is 5.92. The standard InChI is InChI=1S/C17H18BrNO/c1-12-6-7-15(8-13(12)2)11-19-17(20)10-14-4-3-5-16(18)9-14/h3-9H,10-11H2,1-2H3,(H,19,20). The van der Waals surface area contributed by atoms with E-state index in [0.717, 1.165) is 15.6 Å². The van der Waals surface area contributed by atoms with Crippen LogP contribution in [0, 0.1) is 13.8 Å². The van der Waals surface area contributed by atoms with Crippen molar-refractivity contribution in [3.63, 3.8) is 0 Å². The number of amides is 1. The van der Waals surface area contributed by atoms with Gasteiger partial charge in [-0.2, -0.15) is 0 Å². The Morgan fingerprint density at radius 3 is 2.55 bits per heavy atom. The summed E-state index contributed by atoms with van der Waals surface area (Å²) in [6.45, 7) is 4.75. The molecule has 0 aliphatic rings. The molecule has 104 valence electrons. The number of hydrogen-bond acceptors (Lipinski definition) is 1. The van der Waals surface area contributed by atoms with E-state index < -0.39 is 0 Å². The van der Waals surface area contributed by atoms with Crippen LogP contribution in [-0.2, 0) is 17.8 Å². The first-order valence-corrected chi connectivity index (χ1v) is 7.41. The molecule has 0 bridgehead atoms.